The smallest absolute Gasteiger partial charge is 0.435 e. The molecule has 0 saturated heterocycles. The normalized spacial score (nSPS) is 11.3. The Kier molecular flexibility index (Phi) is 11.1. The van der Waals surface area contributed by atoms with E-state index in [0.29, 0.717) is 16.5 Å². The molecule has 3 aromatic heterocycles. The topological polar surface area (TPSA) is 141 Å². The van der Waals surface area contributed by atoms with Crippen LogP contribution >= 0.6 is 39.7 Å². The van der Waals surface area contributed by atoms with E-state index in [1.807, 2.05) is 12.3 Å². The Morgan fingerprint density at radius 1 is 1.05 bits per heavy atom. The molecule has 0 spiro atoms. The number of rotatable bonds is 6. The van der Waals surface area contributed by atoms with Gasteiger partial charge in [-0.15, -0.1) is 23.7 Å². The number of hydrogen-bond donors (Lipinski definition) is 2. The van der Waals surface area contributed by atoms with Gasteiger partial charge < -0.3 is 5.11 Å². The molecule has 0 unspecified atom stereocenters. The summed E-state index contributed by atoms with van der Waals surface area (Å²) in [7, 11) is -3.99. The number of alkyl halides is 4. The fourth-order valence-electron chi connectivity index (χ4n) is 4.05. The van der Waals surface area contributed by atoms with Crippen LogP contribution in [0.25, 0.3) is 28.3 Å². The number of aryl methyl sites for hydroxylation is 2. The minimum absolute atomic E-state index is 0. The number of hydrogen-bond acceptors (Lipinski definition) is 8. The average Bonchev–Trinajstić information content (AvgIpc) is 3.64. The molecule has 2 aromatic carbocycles. The first-order valence-electron chi connectivity index (χ1n) is 12.2. The maximum atomic E-state index is 13.4. The van der Waals surface area contributed by atoms with Crippen molar-refractivity contribution in [3.8, 4) is 34.1 Å². The Hall–Kier alpha value is -3.63. The van der Waals surface area contributed by atoms with Crippen molar-refractivity contribution < 1.29 is 31.5 Å². The summed E-state index contributed by atoms with van der Waals surface area (Å²) in [4.78, 5) is 19.2. The quantitative estimate of drug-likeness (QED) is 0.146. The fourth-order valence-corrected chi connectivity index (χ4v) is 5.37. The van der Waals surface area contributed by atoms with E-state index in [-0.39, 0.29) is 40.3 Å². The van der Waals surface area contributed by atoms with Crippen LogP contribution in [-0.2, 0) is 16.2 Å². The number of phenols is 1. The Morgan fingerprint density at radius 2 is 1.77 bits per heavy atom. The number of nitrogens with zero attached hydrogens (tertiary/aromatic N) is 4. The number of sulfonamides is 1. The maximum absolute atomic E-state index is 13.4. The first-order valence-corrected chi connectivity index (χ1v) is 15.8. The molecule has 16 heteroatoms. The van der Waals surface area contributed by atoms with Crippen molar-refractivity contribution in [1.82, 2.24) is 19.7 Å². The first-order chi connectivity index (χ1) is 20.2. The van der Waals surface area contributed by atoms with Crippen molar-refractivity contribution >= 4 is 55.5 Å². The fraction of sp³-hybridized carbons (Fsp3) is 0.143. The second-order valence-electron chi connectivity index (χ2n) is 9.18. The summed E-state index contributed by atoms with van der Waals surface area (Å²) in [5.74, 6) is 0.241. The maximum Gasteiger partial charge on any atom is 0.435 e. The highest BCUT2D eigenvalue weighted by Gasteiger charge is 2.35. The van der Waals surface area contributed by atoms with E-state index < -0.39 is 21.9 Å². The van der Waals surface area contributed by atoms with E-state index in [9.17, 15) is 26.4 Å². The number of phenolic OH excluding ortho intramolecular Hbond substituents is 1. The predicted octanol–water partition coefficient (Wildman–Crippen LogP) is 6.73. The number of aromatic nitrogens is 4. The number of carbonyl (C=O) groups excluding carboxylic acids is 1. The van der Waals surface area contributed by atoms with Gasteiger partial charge in [-0.05, 0) is 67.4 Å². The lowest BCUT2D eigenvalue weighted by Crippen LogP contribution is -2.13. The van der Waals surface area contributed by atoms with Gasteiger partial charge in [0.25, 0.3) is 0 Å². The molecule has 3 heterocycles. The number of aromatic hydroxyl groups is 1. The lowest BCUT2D eigenvalue weighted by molar-refractivity contribution is -0.141. The van der Waals surface area contributed by atoms with E-state index >= 15 is 0 Å². The molecule has 0 radical (unpaired) electrons. The molecular weight excluding hydrogens is 707 g/mol. The average molecular weight is 731 g/mol. The summed E-state index contributed by atoms with van der Waals surface area (Å²) in [6.07, 6.45) is -3.70. The number of pyridine rings is 1. The molecule has 0 amide bonds. The Morgan fingerprint density at radius 3 is 2.30 bits per heavy atom. The summed E-state index contributed by atoms with van der Waals surface area (Å²) >= 11 is 4.53. The summed E-state index contributed by atoms with van der Waals surface area (Å²) in [5, 5.41) is 20.0. The number of thiazole rings is 1. The number of Topliss-reactive ketones (excluding diaryl/α,β-unsaturated/α-hetero) is 1. The molecule has 5 rings (SSSR count). The summed E-state index contributed by atoms with van der Waals surface area (Å²) in [6.45, 7) is 3.64. The highest BCUT2D eigenvalue weighted by Crippen LogP contribution is 2.34. The second kappa shape index (κ2) is 14.0. The van der Waals surface area contributed by atoms with E-state index in [0.717, 1.165) is 45.4 Å². The Balaban J connectivity index is 0.000000344. The number of primary sulfonamides is 1. The lowest BCUT2D eigenvalue weighted by Gasteiger charge is -2.10. The van der Waals surface area contributed by atoms with Crippen LogP contribution in [0.3, 0.4) is 0 Å². The van der Waals surface area contributed by atoms with Crippen molar-refractivity contribution in [1.29, 1.82) is 0 Å². The standard InChI is InChI=1S/C19H14F3N5O2S2.C9H9BrO2.ClH/c1-11-6-12(2-4-14(11)15-9-30-10-25-15)16-7-17(19(20,21)22)26-27(16)18-5-3-13(8-24-18)31(23,28)29;1-6-4-7(11)2-3-8(6)9(12)5-10;/h2-10H,1H3,(H2,23,28,29);2-4,11H,5H2,1H3;1H. The van der Waals surface area contributed by atoms with Gasteiger partial charge in [-0.1, -0.05) is 28.1 Å². The van der Waals surface area contributed by atoms with Crippen LogP contribution in [0, 0.1) is 13.8 Å². The van der Waals surface area contributed by atoms with E-state index in [2.05, 4.69) is 31.0 Å². The molecule has 0 bridgehead atoms. The number of carbonyl (C=O) groups is 1. The molecular formula is C28H24BrClF3N5O4S2. The molecule has 0 aliphatic carbocycles. The van der Waals surface area contributed by atoms with Crippen molar-refractivity contribution in [2.75, 3.05) is 5.33 Å². The molecule has 0 saturated carbocycles. The van der Waals surface area contributed by atoms with Gasteiger partial charge in [0, 0.05) is 28.3 Å². The molecule has 0 aliphatic heterocycles. The zero-order valence-electron chi connectivity index (χ0n) is 22.9. The highest BCUT2D eigenvalue weighted by molar-refractivity contribution is 9.09. The number of benzene rings is 2. The number of ketones is 1. The molecule has 0 fully saturated rings. The van der Waals surface area contributed by atoms with Gasteiger partial charge in [0.1, 0.15) is 10.6 Å². The minimum atomic E-state index is -4.67. The summed E-state index contributed by atoms with van der Waals surface area (Å²) in [5.41, 5.74) is 5.16. The van der Waals surface area contributed by atoms with Crippen molar-refractivity contribution in [2.45, 2.75) is 24.9 Å². The van der Waals surface area contributed by atoms with Gasteiger partial charge in [-0.3, -0.25) is 4.79 Å². The third-order valence-corrected chi connectivity index (χ3v) is 8.12. The van der Waals surface area contributed by atoms with Gasteiger partial charge in [0.15, 0.2) is 17.3 Å². The van der Waals surface area contributed by atoms with Crippen molar-refractivity contribution in [2.24, 2.45) is 5.14 Å². The zero-order chi connectivity index (χ0) is 31.5. The zero-order valence-corrected chi connectivity index (χ0v) is 26.9. The van der Waals surface area contributed by atoms with Crippen LogP contribution < -0.4 is 5.14 Å². The molecule has 5 aromatic rings. The molecule has 232 valence electrons. The van der Waals surface area contributed by atoms with Gasteiger partial charge in [-0.2, -0.15) is 18.3 Å². The third-order valence-electron chi connectivity index (χ3n) is 6.13. The van der Waals surface area contributed by atoms with Crippen LogP contribution in [0.1, 0.15) is 27.2 Å². The highest BCUT2D eigenvalue weighted by atomic mass is 79.9. The van der Waals surface area contributed by atoms with Crippen LogP contribution in [0.2, 0.25) is 0 Å². The van der Waals surface area contributed by atoms with Crippen LogP contribution in [0.5, 0.6) is 5.75 Å². The summed E-state index contributed by atoms with van der Waals surface area (Å²) < 4.78 is 64.0. The van der Waals surface area contributed by atoms with E-state index in [1.165, 1.54) is 23.5 Å². The Bertz CT molecular complexity index is 1880. The van der Waals surface area contributed by atoms with Gasteiger partial charge >= 0.3 is 6.18 Å². The largest absolute Gasteiger partial charge is 0.508 e. The molecule has 9 nitrogen and oxygen atoms in total. The van der Waals surface area contributed by atoms with Crippen LogP contribution in [0.15, 0.2) is 76.6 Å². The van der Waals surface area contributed by atoms with Crippen LogP contribution in [0.4, 0.5) is 13.2 Å². The molecule has 0 aliphatic rings. The van der Waals surface area contributed by atoms with Gasteiger partial charge in [-0.25, -0.2) is 28.2 Å². The van der Waals surface area contributed by atoms with Gasteiger partial charge in [0.05, 0.1) is 22.2 Å². The molecule has 3 N–H and O–H groups in total. The van der Waals surface area contributed by atoms with Gasteiger partial charge in [0.2, 0.25) is 10.0 Å². The monoisotopic (exact) mass is 729 g/mol. The van der Waals surface area contributed by atoms with Crippen molar-refractivity contribution in [3.63, 3.8) is 0 Å². The summed E-state index contributed by atoms with van der Waals surface area (Å²) in [6, 6.07) is 13.2. The third kappa shape index (κ3) is 8.09. The van der Waals surface area contributed by atoms with E-state index in [4.69, 9.17) is 10.2 Å². The SMILES string of the molecule is Cc1cc(-c2cc(C(F)(F)F)nn2-c2ccc(S(N)(=O)=O)cn2)ccc1-c1cscn1.Cc1cc(O)ccc1C(=O)CBr.Cl. The van der Waals surface area contributed by atoms with Crippen LogP contribution in [-0.4, -0.2) is 44.4 Å². The molecule has 44 heavy (non-hydrogen) atoms. The van der Waals surface area contributed by atoms with E-state index in [1.54, 1.807) is 42.8 Å². The molecule has 0 atom stereocenters. The second-order valence-corrected chi connectivity index (χ2v) is 12.0. The lowest BCUT2D eigenvalue weighted by atomic mass is 10.0. The van der Waals surface area contributed by atoms with Crippen molar-refractivity contribution in [3.05, 3.63) is 94.1 Å². The first kappa shape index (κ1) is 34.9. The number of halogens is 5. The minimum Gasteiger partial charge on any atom is -0.508 e. The number of nitrogens with two attached hydrogens (primary N) is 1. The predicted molar refractivity (Wildman–Crippen MR) is 167 cm³/mol. The Labute approximate surface area is 269 Å².